The lowest BCUT2D eigenvalue weighted by Crippen LogP contribution is -2.51. The number of aryl methyl sites for hydroxylation is 1. The summed E-state index contributed by atoms with van der Waals surface area (Å²) in [6.45, 7) is 3.87. The number of carbonyl (C=O) groups excluding carboxylic acids is 2. The van der Waals surface area contributed by atoms with Gasteiger partial charge < -0.3 is 10.1 Å². The van der Waals surface area contributed by atoms with E-state index in [0.29, 0.717) is 6.42 Å². The van der Waals surface area contributed by atoms with Crippen LogP contribution in [-0.4, -0.2) is 25.0 Å². The van der Waals surface area contributed by atoms with Gasteiger partial charge in [0, 0.05) is 6.42 Å². The number of hydrogen-bond acceptors (Lipinski definition) is 3. The fourth-order valence-electron chi connectivity index (χ4n) is 3.67. The maximum Gasteiger partial charge on any atom is 0.328 e. The van der Waals surface area contributed by atoms with Crippen LogP contribution in [0, 0.1) is 6.92 Å². The number of rotatable bonds is 7. The molecule has 154 valence electrons. The summed E-state index contributed by atoms with van der Waals surface area (Å²) in [5.41, 5.74) is 2.81. The van der Waals surface area contributed by atoms with Crippen LogP contribution in [0.5, 0.6) is 0 Å². The molecule has 3 rings (SSSR count). The molecule has 0 unspecified atom stereocenters. The predicted molar refractivity (Wildman–Crippen MR) is 118 cm³/mol. The second-order valence-electron chi connectivity index (χ2n) is 7.54. The van der Waals surface area contributed by atoms with Gasteiger partial charge in [-0.3, -0.25) is 4.79 Å². The Balaban J connectivity index is 1.97. The van der Waals surface area contributed by atoms with Crippen molar-refractivity contribution < 1.29 is 14.3 Å². The molecule has 0 bridgehead atoms. The summed E-state index contributed by atoms with van der Waals surface area (Å²) in [6, 6.07) is 26.3. The maximum atomic E-state index is 13.7. The average molecular weight is 402 g/mol. The Labute approximate surface area is 177 Å². The van der Waals surface area contributed by atoms with E-state index >= 15 is 0 Å². The molecule has 1 atom stereocenters. The Morgan fingerprint density at radius 3 is 1.87 bits per heavy atom. The normalized spacial score (nSPS) is 12.1. The minimum absolute atomic E-state index is 0.246. The largest absolute Gasteiger partial charge is 0.467 e. The van der Waals surface area contributed by atoms with Crippen molar-refractivity contribution in [3.8, 4) is 0 Å². The Bertz CT molecular complexity index is 960. The van der Waals surface area contributed by atoms with Crippen LogP contribution in [0.2, 0.25) is 0 Å². The molecule has 4 heteroatoms. The van der Waals surface area contributed by atoms with E-state index in [0.717, 1.165) is 22.3 Å². The van der Waals surface area contributed by atoms with Crippen LogP contribution in [0.4, 0.5) is 0 Å². The maximum absolute atomic E-state index is 13.7. The second-order valence-corrected chi connectivity index (χ2v) is 7.54. The third-order valence-corrected chi connectivity index (χ3v) is 5.63. The van der Waals surface area contributed by atoms with Gasteiger partial charge >= 0.3 is 5.97 Å². The van der Waals surface area contributed by atoms with Gasteiger partial charge in [0.15, 0.2) is 0 Å². The number of ether oxygens (including phenoxy) is 1. The van der Waals surface area contributed by atoms with E-state index in [2.05, 4.69) is 5.32 Å². The molecule has 30 heavy (non-hydrogen) atoms. The number of amides is 1. The molecule has 4 nitrogen and oxygen atoms in total. The number of nitrogens with one attached hydrogen (secondary N) is 1. The highest BCUT2D eigenvalue weighted by molar-refractivity contribution is 5.94. The first-order chi connectivity index (χ1) is 14.5. The van der Waals surface area contributed by atoms with Crippen molar-refractivity contribution in [1.29, 1.82) is 0 Å². The molecule has 0 fully saturated rings. The van der Waals surface area contributed by atoms with Gasteiger partial charge in [-0.25, -0.2) is 4.79 Å². The van der Waals surface area contributed by atoms with Gasteiger partial charge in [-0.15, -0.1) is 0 Å². The van der Waals surface area contributed by atoms with Gasteiger partial charge in [0.05, 0.1) is 12.5 Å². The fraction of sp³-hybridized carbons (Fsp3) is 0.231. The van der Waals surface area contributed by atoms with Gasteiger partial charge in [0.25, 0.3) is 0 Å². The lowest BCUT2D eigenvalue weighted by Gasteiger charge is -2.31. The number of methoxy groups -OCH3 is 1. The van der Waals surface area contributed by atoms with Crippen molar-refractivity contribution in [1.82, 2.24) is 5.32 Å². The molecule has 0 aliphatic heterocycles. The fourth-order valence-corrected chi connectivity index (χ4v) is 3.67. The first-order valence-corrected chi connectivity index (χ1v) is 10.0. The van der Waals surface area contributed by atoms with Crippen LogP contribution in [-0.2, 0) is 26.2 Å². The quantitative estimate of drug-likeness (QED) is 0.604. The van der Waals surface area contributed by atoms with Crippen LogP contribution in [0.25, 0.3) is 0 Å². The Morgan fingerprint density at radius 2 is 1.37 bits per heavy atom. The predicted octanol–water partition coefficient (Wildman–Crippen LogP) is 4.20. The second kappa shape index (κ2) is 9.40. The number of esters is 1. The van der Waals surface area contributed by atoms with E-state index in [1.807, 2.05) is 98.8 Å². The summed E-state index contributed by atoms with van der Waals surface area (Å²) in [6.07, 6.45) is 0.366. The van der Waals surface area contributed by atoms with E-state index < -0.39 is 17.4 Å². The van der Waals surface area contributed by atoms with E-state index in [1.165, 1.54) is 7.11 Å². The van der Waals surface area contributed by atoms with Crippen molar-refractivity contribution in [2.24, 2.45) is 0 Å². The van der Waals surface area contributed by atoms with Crippen molar-refractivity contribution in [2.75, 3.05) is 7.11 Å². The zero-order chi connectivity index (χ0) is 21.6. The molecule has 0 aliphatic carbocycles. The topological polar surface area (TPSA) is 55.4 Å². The van der Waals surface area contributed by atoms with Gasteiger partial charge in [-0.2, -0.15) is 0 Å². The van der Waals surface area contributed by atoms with Crippen LogP contribution in [0.15, 0.2) is 84.9 Å². The highest BCUT2D eigenvalue weighted by Crippen LogP contribution is 2.32. The zero-order valence-corrected chi connectivity index (χ0v) is 17.6. The minimum Gasteiger partial charge on any atom is -0.467 e. The standard InChI is InChI=1S/C26H27NO3/c1-19-12-10-11-13-20(19)18-23(24(28)30-3)27-25(29)26(2,21-14-6-4-7-15-21)22-16-8-5-9-17-22/h4-17,23H,18H2,1-3H3,(H,27,29)/t23-/m0/s1. The van der Waals surface area contributed by atoms with E-state index in [-0.39, 0.29) is 5.91 Å². The molecule has 1 N–H and O–H groups in total. The molecule has 3 aromatic carbocycles. The SMILES string of the molecule is COC(=O)[C@H](Cc1ccccc1C)NC(=O)C(C)(c1ccccc1)c1ccccc1. The molecule has 0 saturated carbocycles. The van der Waals surface area contributed by atoms with Crippen molar-refractivity contribution in [2.45, 2.75) is 31.7 Å². The number of hydrogen-bond donors (Lipinski definition) is 1. The van der Waals surface area contributed by atoms with Crippen molar-refractivity contribution >= 4 is 11.9 Å². The molecule has 1 amide bonds. The van der Waals surface area contributed by atoms with Crippen LogP contribution in [0.1, 0.15) is 29.2 Å². The van der Waals surface area contributed by atoms with E-state index in [1.54, 1.807) is 0 Å². The molecule has 0 aliphatic rings. The molecule has 0 spiro atoms. The molecular weight excluding hydrogens is 374 g/mol. The summed E-state index contributed by atoms with van der Waals surface area (Å²) >= 11 is 0. The average Bonchev–Trinajstić information content (AvgIpc) is 2.80. The van der Waals surface area contributed by atoms with Crippen LogP contribution >= 0.6 is 0 Å². The molecule has 0 saturated heterocycles. The Hall–Kier alpha value is -3.40. The summed E-state index contributed by atoms with van der Waals surface area (Å²) < 4.78 is 5.00. The monoisotopic (exact) mass is 401 g/mol. The van der Waals surface area contributed by atoms with Crippen LogP contribution < -0.4 is 5.32 Å². The molecule has 0 aromatic heterocycles. The van der Waals surface area contributed by atoms with E-state index in [4.69, 9.17) is 4.74 Å². The van der Waals surface area contributed by atoms with Crippen molar-refractivity contribution in [3.63, 3.8) is 0 Å². The number of benzene rings is 3. The lowest BCUT2D eigenvalue weighted by atomic mass is 9.75. The summed E-state index contributed by atoms with van der Waals surface area (Å²) in [4.78, 5) is 26.2. The summed E-state index contributed by atoms with van der Waals surface area (Å²) in [5.74, 6) is -0.709. The Morgan fingerprint density at radius 1 is 0.867 bits per heavy atom. The summed E-state index contributed by atoms with van der Waals surface area (Å²) in [7, 11) is 1.34. The van der Waals surface area contributed by atoms with Gasteiger partial charge in [-0.1, -0.05) is 84.9 Å². The lowest BCUT2D eigenvalue weighted by molar-refractivity contribution is -0.145. The van der Waals surface area contributed by atoms with Gasteiger partial charge in [0.1, 0.15) is 6.04 Å². The minimum atomic E-state index is -0.958. The smallest absolute Gasteiger partial charge is 0.328 e. The molecule has 0 radical (unpaired) electrons. The molecule has 3 aromatic rings. The summed E-state index contributed by atoms with van der Waals surface area (Å²) in [5, 5.41) is 2.97. The third kappa shape index (κ3) is 4.43. The zero-order valence-electron chi connectivity index (χ0n) is 17.6. The van der Waals surface area contributed by atoms with Gasteiger partial charge in [0.2, 0.25) is 5.91 Å². The first kappa shape index (κ1) is 21.3. The van der Waals surface area contributed by atoms with Crippen molar-refractivity contribution in [3.05, 3.63) is 107 Å². The highest BCUT2D eigenvalue weighted by Gasteiger charge is 2.39. The van der Waals surface area contributed by atoms with Gasteiger partial charge in [-0.05, 0) is 36.1 Å². The molecule has 0 heterocycles. The van der Waals surface area contributed by atoms with Crippen LogP contribution in [0.3, 0.4) is 0 Å². The first-order valence-electron chi connectivity index (χ1n) is 10.0. The number of carbonyl (C=O) groups is 2. The highest BCUT2D eigenvalue weighted by atomic mass is 16.5. The third-order valence-electron chi connectivity index (χ3n) is 5.63. The molecular formula is C26H27NO3. The Kier molecular flexibility index (Phi) is 6.68. The van der Waals surface area contributed by atoms with E-state index in [9.17, 15) is 9.59 Å².